The van der Waals surface area contributed by atoms with Crippen molar-refractivity contribution in [2.75, 3.05) is 13.2 Å². The molecule has 6 rings (SSSR count). The quantitative estimate of drug-likeness (QED) is 0.342. The molecule has 5 nitrogen and oxygen atoms in total. The van der Waals surface area contributed by atoms with E-state index in [0.29, 0.717) is 29.3 Å². The van der Waals surface area contributed by atoms with Gasteiger partial charge in [0.05, 0.1) is 11.9 Å². The molecule has 216 valence electrons. The van der Waals surface area contributed by atoms with Gasteiger partial charge < -0.3 is 15.6 Å². The smallest absolute Gasteiger partial charge is 0.127 e. The summed E-state index contributed by atoms with van der Waals surface area (Å²) in [6.07, 6.45) is 7.61. The fourth-order valence-electron chi connectivity index (χ4n) is 8.89. The van der Waals surface area contributed by atoms with Crippen molar-refractivity contribution in [1.82, 2.24) is 9.78 Å². The van der Waals surface area contributed by atoms with Crippen LogP contribution in [0.2, 0.25) is 0 Å². The molecule has 0 bridgehead atoms. The Labute approximate surface area is 243 Å². The van der Waals surface area contributed by atoms with Crippen molar-refractivity contribution in [2.24, 2.45) is 52.6 Å². The van der Waals surface area contributed by atoms with E-state index in [1.165, 1.54) is 42.7 Å². The molecule has 0 radical (unpaired) electrons. The molecule has 3 aromatic rings. The summed E-state index contributed by atoms with van der Waals surface area (Å²) in [5.74, 6) is 5.22. The van der Waals surface area contributed by atoms with Crippen LogP contribution >= 0.6 is 12.4 Å². The molecular weight excluding hydrogens is 525 g/mol. The zero-order chi connectivity index (χ0) is 27.3. The van der Waals surface area contributed by atoms with E-state index in [9.17, 15) is 9.50 Å². The lowest BCUT2D eigenvalue weighted by Crippen LogP contribution is -2.53. The molecule has 3 aliphatic carbocycles. The molecule has 2 fully saturated rings. The van der Waals surface area contributed by atoms with Crippen LogP contribution in [0.5, 0.6) is 11.5 Å². The minimum Gasteiger partial charge on any atom is -0.457 e. The van der Waals surface area contributed by atoms with Gasteiger partial charge in [0.1, 0.15) is 17.3 Å². The third kappa shape index (κ3) is 4.97. The fourth-order valence-corrected chi connectivity index (χ4v) is 8.89. The van der Waals surface area contributed by atoms with Crippen molar-refractivity contribution < 1.29 is 14.2 Å². The van der Waals surface area contributed by atoms with E-state index in [0.717, 1.165) is 42.8 Å². The number of nitrogens with two attached hydrogens (primary N) is 1. The second kappa shape index (κ2) is 11.5. The minimum atomic E-state index is -0.285. The van der Waals surface area contributed by atoms with E-state index in [4.69, 9.17) is 15.6 Å². The molecular formula is C33H43ClFN3O2. The Morgan fingerprint density at radius 1 is 1.05 bits per heavy atom. The Morgan fingerprint density at radius 2 is 1.73 bits per heavy atom. The molecule has 0 unspecified atom stereocenters. The number of rotatable bonds is 6. The minimum absolute atomic E-state index is 0. The molecule has 1 aromatic heterocycles. The highest BCUT2D eigenvalue weighted by molar-refractivity contribution is 5.85. The van der Waals surface area contributed by atoms with Crippen molar-refractivity contribution >= 4 is 12.4 Å². The first-order chi connectivity index (χ1) is 18.8. The number of aromatic nitrogens is 2. The maximum atomic E-state index is 13.2. The van der Waals surface area contributed by atoms with Crippen molar-refractivity contribution in [3.63, 3.8) is 0 Å². The first kappa shape index (κ1) is 29.1. The number of aliphatic hydroxyl groups excluding tert-OH is 1. The summed E-state index contributed by atoms with van der Waals surface area (Å²) >= 11 is 0. The maximum Gasteiger partial charge on any atom is 0.127 e. The number of halogens is 2. The maximum absolute atomic E-state index is 13.2. The molecule has 0 amide bonds. The highest BCUT2D eigenvalue weighted by Crippen LogP contribution is 2.59. The lowest BCUT2D eigenvalue weighted by molar-refractivity contribution is -0.0607. The van der Waals surface area contributed by atoms with Crippen LogP contribution in [0.4, 0.5) is 4.39 Å². The molecule has 0 aliphatic heterocycles. The monoisotopic (exact) mass is 567 g/mol. The summed E-state index contributed by atoms with van der Waals surface area (Å²) in [7, 11) is 0. The Kier molecular flexibility index (Phi) is 8.34. The highest BCUT2D eigenvalue weighted by atomic mass is 35.5. The number of hydrogen-bond donors (Lipinski definition) is 2. The molecule has 0 spiro atoms. The summed E-state index contributed by atoms with van der Waals surface area (Å²) in [6, 6.07) is 13.9. The summed E-state index contributed by atoms with van der Waals surface area (Å²) in [5.41, 5.74) is 9.98. The highest BCUT2D eigenvalue weighted by Gasteiger charge is 2.55. The molecule has 8 atom stereocenters. The van der Waals surface area contributed by atoms with Crippen molar-refractivity contribution in [2.45, 2.75) is 52.9 Å². The molecule has 0 saturated heterocycles. The van der Waals surface area contributed by atoms with Gasteiger partial charge >= 0.3 is 0 Å². The zero-order valence-electron chi connectivity index (χ0n) is 23.8. The Morgan fingerprint density at radius 3 is 2.38 bits per heavy atom. The average Bonchev–Trinajstić information content (AvgIpc) is 3.53. The van der Waals surface area contributed by atoms with Crippen LogP contribution in [0, 0.1) is 52.7 Å². The van der Waals surface area contributed by atoms with E-state index < -0.39 is 0 Å². The first-order valence-electron chi connectivity index (χ1n) is 14.7. The van der Waals surface area contributed by atoms with Crippen LogP contribution in [0.25, 0.3) is 5.69 Å². The lowest BCUT2D eigenvalue weighted by atomic mass is 9.50. The Bertz CT molecular complexity index is 1300. The normalized spacial score (nSPS) is 33.1. The van der Waals surface area contributed by atoms with Gasteiger partial charge in [0.15, 0.2) is 0 Å². The number of hydrogen-bond acceptors (Lipinski definition) is 4. The van der Waals surface area contributed by atoms with Gasteiger partial charge in [-0.05, 0) is 133 Å². The van der Waals surface area contributed by atoms with Crippen molar-refractivity contribution in [3.05, 3.63) is 71.8 Å². The van der Waals surface area contributed by atoms with Gasteiger partial charge in [-0.2, -0.15) is 5.10 Å². The van der Waals surface area contributed by atoms with Crippen molar-refractivity contribution in [1.29, 1.82) is 0 Å². The molecule has 40 heavy (non-hydrogen) atoms. The number of fused-ring (bicyclic) bond motifs is 2. The SMILES string of the molecule is C[C@@H]1C[C@H]([C@@]2(C)Cc3cnn(-c4ccc(Oc5ccc(F)cc5)cc4)c3C[C@@H]2CO)[C@@H](CN)[C@H]2CC[C@H](C)[C@@H]21.Cl. The number of ether oxygens (including phenoxy) is 1. The molecule has 2 saturated carbocycles. The third-order valence-corrected chi connectivity index (χ3v) is 10.8. The van der Waals surface area contributed by atoms with Gasteiger partial charge in [-0.15, -0.1) is 12.4 Å². The van der Waals surface area contributed by atoms with Crippen LogP contribution in [0.15, 0.2) is 54.7 Å². The van der Waals surface area contributed by atoms with Crippen LogP contribution in [0.3, 0.4) is 0 Å². The van der Waals surface area contributed by atoms with Crippen LogP contribution in [-0.2, 0) is 12.8 Å². The van der Waals surface area contributed by atoms with E-state index in [2.05, 4.69) is 20.8 Å². The second-order valence-electron chi connectivity index (χ2n) is 12.9. The summed E-state index contributed by atoms with van der Waals surface area (Å²) in [5, 5.41) is 15.5. The lowest BCUT2D eigenvalue weighted by Gasteiger charge is -2.55. The topological polar surface area (TPSA) is 73.3 Å². The Hall–Kier alpha value is -2.41. The van der Waals surface area contributed by atoms with Gasteiger partial charge in [-0.3, -0.25) is 0 Å². The number of aliphatic hydroxyl groups is 1. The molecule has 7 heteroatoms. The molecule has 2 aromatic carbocycles. The van der Waals surface area contributed by atoms with Crippen LogP contribution < -0.4 is 10.5 Å². The van der Waals surface area contributed by atoms with Gasteiger partial charge in [-0.1, -0.05) is 27.2 Å². The van der Waals surface area contributed by atoms with Gasteiger partial charge in [0, 0.05) is 12.3 Å². The van der Waals surface area contributed by atoms with Crippen LogP contribution in [0.1, 0.15) is 51.3 Å². The van der Waals surface area contributed by atoms with E-state index in [-0.39, 0.29) is 36.2 Å². The molecule has 3 N–H and O–H groups in total. The number of nitrogens with zero attached hydrogens (tertiary/aromatic N) is 2. The predicted octanol–water partition coefficient (Wildman–Crippen LogP) is 6.83. The summed E-state index contributed by atoms with van der Waals surface area (Å²) in [4.78, 5) is 0. The average molecular weight is 568 g/mol. The number of benzene rings is 2. The first-order valence-corrected chi connectivity index (χ1v) is 14.7. The van der Waals surface area contributed by atoms with E-state index in [1.54, 1.807) is 12.1 Å². The fraction of sp³-hybridized carbons (Fsp3) is 0.545. The third-order valence-electron chi connectivity index (χ3n) is 10.8. The van der Waals surface area contributed by atoms with Gasteiger partial charge in [-0.25, -0.2) is 9.07 Å². The van der Waals surface area contributed by atoms with E-state index >= 15 is 0 Å². The molecule has 3 aliphatic rings. The second-order valence-corrected chi connectivity index (χ2v) is 12.9. The molecule has 1 heterocycles. The predicted molar refractivity (Wildman–Crippen MR) is 159 cm³/mol. The van der Waals surface area contributed by atoms with E-state index in [1.807, 2.05) is 35.1 Å². The van der Waals surface area contributed by atoms with Crippen molar-refractivity contribution in [3.8, 4) is 17.2 Å². The van der Waals surface area contributed by atoms with Crippen LogP contribution in [-0.4, -0.2) is 28.0 Å². The van der Waals surface area contributed by atoms with Gasteiger partial charge in [0.25, 0.3) is 0 Å². The van der Waals surface area contributed by atoms with Gasteiger partial charge in [0.2, 0.25) is 0 Å². The largest absolute Gasteiger partial charge is 0.457 e. The summed E-state index contributed by atoms with van der Waals surface area (Å²) in [6.45, 7) is 8.26. The standard InChI is InChI=1S/C33H42FN3O2.ClH/c1-20-4-13-28-29(17-35)30(14-21(2)32(20)28)33(3)16-22-18-36-37(31(22)15-23(33)19-38)25-7-11-27(12-8-25)39-26-9-5-24(34)6-10-26;/h5-12,18,20-21,23,28-30,32,38H,4,13-17,19,35H2,1-3H3;1H/t20-,21+,23+,28+,29-,30-,32+,33-;/m0./s1. The Balaban J connectivity index is 0.00000323. The zero-order valence-corrected chi connectivity index (χ0v) is 24.6. The summed E-state index contributed by atoms with van der Waals surface area (Å²) < 4.78 is 21.1.